The fourth-order valence-electron chi connectivity index (χ4n) is 4.53. The van der Waals surface area contributed by atoms with Crippen LogP contribution in [-0.2, 0) is 0 Å². The van der Waals surface area contributed by atoms with Crippen LogP contribution in [0.25, 0.3) is 16.7 Å². The Morgan fingerprint density at radius 2 is 1.67 bits per heavy atom. The molecule has 0 bridgehead atoms. The standard InChI is InChI=1S/C25H30N6O2/c1-17-14-18(2)26-24-23(17)25-27-19(3)15-22(31(25)28-24)30-10-8-29(9-11-30)12-13-33-21-7-5-6-20(16-21)32-4/h5-7,14-16H,8-13H2,1-4H3. The quantitative estimate of drug-likeness (QED) is 0.450. The molecular weight excluding hydrogens is 416 g/mol. The monoisotopic (exact) mass is 446 g/mol. The van der Waals surface area contributed by atoms with Crippen molar-refractivity contribution in [1.29, 1.82) is 0 Å². The van der Waals surface area contributed by atoms with Gasteiger partial charge in [0.1, 0.15) is 23.9 Å². The van der Waals surface area contributed by atoms with E-state index in [4.69, 9.17) is 19.6 Å². The molecule has 1 saturated heterocycles. The van der Waals surface area contributed by atoms with Crippen LogP contribution in [0.1, 0.15) is 17.0 Å². The first-order chi connectivity index (χ1) is 16.0. The lowest BCUT2D eigenvalue weighted by atomic mass is 10.2. The summed E-state index contributed by atoms with van der Waals surface area (Å²) in [5, 5.41) is 5.87. The van der Waals surface area contributed by atoms with Crippen molar-refractivity contribution in [1.82, 2.24) is 24.5 Å². The minimum Gasteiger partial charge on any atom is -0.497 e. The van der Waals surface area contributed by atoms with E-state index in [1.807, 2.05) is 42.6 Å². The number of piperazine rings is 1. The molecule has 1 aromatic carbocycles. The number of anilines is 1. The maximum absolute atomic E-state index is 5.93. The highest BCUT2D eigenvalue weighted by Gasteiger charge is 2.22. The average Bonchev–Trinajstić information content (AvgIpc) is 3.17. The maximum atomic E-state index is 5.93. The molecule has 172 valence electrons. The molecule has 0 unspecified atom stereocenters. The van der Waals surface area contributed by atoms with Gasteiger partial charge in [0.25, 0.3) is 0 Å². The lowest BCUT2D eigenvalue weighted by Crippen LogP contribution is -2.48. The maximum Gasteiger partial charge on any atom is 0.184 e. The number of ether oxygens (including phenoxy) is 2. The Hall–Kier alpha value is -3.39. The van der Waals surface area contributed by atoms with Gasteiger partial charge in [0.15, 0.2) is 11.3 Å². The summed E-state index contributed by atoms with van der Waals surface area (Å²) in [4.78, 5) is 14.3. The van der Waals surface area contributed by atoms with Crippen LogP contribution in [0.15, 0.2) is 36.4 Å². The van der Waals surface area contributed by atoms with Crippen LogP contribution in [0.5, 0.6) is 11.5 Å². The largest absolute Gasteiger partial charge is 0.497 e. The molecule has 0 amide bonds. The smallest absolute Gasteiger partial charge is 0.184 e. The van der Waals surface area contributed by atoms with Crippen LogP contribution < -0.4 is 14.4 Å². The zero-order chi connectivity index (χ0) is 22.9. The Labute approximate surface area is 193 Å². The molecule has 8 heteroatoms. The van der Waals surface area contributed by atoms with Crippen LogP contribution in [0, 0.1) is 20.8 Å². The number of aromatic nitrogens is 4. The van der Waals surface area contributed by atoms with Crippen molar-refractivity contribution in [3.05, 3.63) is 53.3 Å². The molecule has 5 rings (SSSR count). The van der Waals surface area contributed by atoms with Gasteiger partial charge in [-0.3, -0.25) is 4.90 Å². The van der Waals surface area contributed by atoms with Crippen molar-refractivity contribution in [2.75, 3.05) is 51.3 Å². The number of rotatable bonds is 6. The van der Waals surface area contributed by atoms with Gasteiger partial charge in [0, 0.05) is 56.2 Å². The van der Waals surface area contributed by atoms with E-state index in [0.29, 0.717) is 6.61 Å². The van der Waals surface area contributed by atoms with Gasteiger partial charge in [0.05, 0.1) is 12.5 Å². The fourth-order valence-corrected chi connectivity index (χ4v) is 4.53. The summed E-state index contributed by atoms with van der Waals surface area (Å²) in [5.74, 6) is 2.74. The molecule has 0 aliphatic carbocycles. The van der Waals surface area contributed by atoms with Gasteiger partial charge in [-0.1, -0.05) is 6.07 Å². The van der Waals surface area contributed by atoms with E-state index in [1.54, 1.807) is 7.11 Å². The molecule has 1 fully saturated rings. The van der Waals surface area contributed by atoms with Crippen LogP contribution in [0.4, 0.5) is 5.82 Å². The van der Waals surface area contributed by atoms with Gasteiger partial charge in [0.2, 0.25) is 0 Å². The van der Waals surface area contributed by atoms with Crippen molar-refractivity contribution in [2.45, 2.75) is 20.8 Å². The Kier molecular flexibility index (Phi) is 5.76. The molecule has 0 atom stereocenters. The van der Waals surface area contributed by atoms with Crippen LogP contribution in [-0.4, -0.2) is 70.9 Å². The third-order valence-electron chi connectivity index (χ3n) is 6.20. The summed E-state index contributed by atoms with van der Waals surface area (Å²) in [6.07, 6.45) is 0. The number of hydrogen-bond donors (Lipinski definition) is 0. The second-order valence-corrected chi connectivity index (χ2v) is 8.63. The fraction of sp³-hybridized carbons (Fsp3) is 0.400. The molecular formula is C25H30N6O2. The van der Waals surface area contributed by atoms with Crippen molar-refractivity contribution in [3.63, 3.8) is 0 Å². The van der Waals surface area contributed by atoms with Gasteiger partial charge in [-0.05, 0) is 44.5 Å². The number of nitrogens with zero attached hydrogens (tertiary/aromatic N) is 6. The number of hydrogen-bond acceptors (Lipinski definition) is 7. The molecule has 0 radical (unpaired) electrons. The first-order valence-corrected chi connectivity index (χ1v) is 11.4. The molecule has 4 heterocycles. The molecule has 0 spiro atoms. The van der Waals surface area contributed by atoms with E-state index >= 15 is 0 Å². The summed E-state index contributed by atoms with van der Waals surface area (Å²) in [6.45, 7) is 11.5. The Morgan fingerprint density at radius 3 is 2.45 bits per heavy atom. The number of pyridine rings is 1. The lowest BCUT2D eigenvalue weighted by molar-refractivity contribution is 0.200. The van der Waals surface area contributed by atoms with Crippen LogP contribution in [0.2, 0.25) is 0 Å². The Bertz CT molecular complexity index is 1290. The molecule has 0 N–H and O–H groups in total. The van der Waals surface area contributed by atoms with E-state index < -0.39 is 0 Å². The molecule has 3 aromatic heterocycles. The summed E-state index contributed by atoms with van der Waals surface area (Å²) >= 11 is 0. The molecule has 33 heavy (non-hydrogen) atoms. The van der Waals surface area contributed by atoms with Gasteiger partial charge in [-0.15, -0.1) is 5.10 Å². The van der Waals surface area contributed by atoms with Gasteiger partial charge in [-0.2, -0.15) is 4.52 Å². The number of fused-ring (bicyclic) bond motifs is 3. The second kappa shape index (κ2) is 8.86. The minimum absolute atomic E-state index is 0.653. The van der Waals surface area contributed by atoms with Crippen molar-refractivity contribution in [3.8, 4) is 11.5 Å². The average molecular weight is 447 g/mol. The van der Waals surface area contributed by atoms with E-state index in [-0.39, 0.29) is 0 Å². The highest BCUT2D eigenvalue weighted by atomic mass is 16.5. The second-order valence-electron chi connectivity index (χ2n) is 8.63. The number of benzene rings is 1. The summed E-state index contributed by atoms with van der Waals surface area (Å²) in [5.41, 5.74) is 4.79. The lowest BCUT2D eigenvalue weighted by Gasteiger charge is -2.35. The third-order valence-corrected chi connectivity index (χ3v) is 6.20. The first-order valence-electron chi connectivity index (χ1n) is 11.4. The van der Waals surface area contributed by atoms with E-state index in [2.05, 4.69) is 33.8 Å². The topological polar surface area (TPSA) is 68.0 Å². The molecule has 1 aliphatic rings. The van der Waals surface area contributed by atoms with Gasteiger partial charge >= 0.3 is 0 Å². The Balaban J connectivity index is 1.28. The zero-order valence-corrected chi connectivity index (χ0v) is 19.7. The first kappa shape index (κ1) is 21.5. The number of methoxy groups -OCH3 is 1. The zero-order valence-electron chi connectivity index (χ0n) is 19.7. The SMILES string of the molecule is COc1cccc(OCCN2CCN(c3cc(C)nc4c5c(C)cc(C)nc5nn34)CC2)c1. The van der Waals surface area contributed by atoms with E-state index in [9.17, 15) is 0 Å². The molecule has 1 aliphatic heterocycles. The normalized spacial score (nSPS) is 14.8. The highest BCUT2D eigenvalue weighted by Crippen LogP contribution is 2.27. The van der Waals surface area contributed by atoms with Gasteiger partial charge in [-0.25, -0.2) is 9.97 Å². The number of aryl methyl sites for hydroxylation is 3. The van der Waals surface area contributed by atoms with E-state index in [0.717, 1.165) is 83.7 Å². The van der Waals surface area contributed by atoms with Crippen molar-refractivity contribution < 1.29 is 9.47 Å². The minimum atomic E-state index is 0.653. The van der Waals surface area contributed by atoms with E-state index in [1.165, 1.54) is 0 Å². The third kappa shape index (κ3) is 4.30. The summed E-state index contributed by atoms with van der Waals surface area (Å²) < 4.78 is 13.2. The predicted octanol–water partition coefficient (Wildman–Crippen LogP) is 3.41. The van der Waals surface area contributed by atoms with Crippen LogP contribution in [0.3, 0.4) is 0 Å². The van der Waals surface area contributed by atoms with Crippen molar-refractivity contribution >= 4 is 22.5 Å². The molecule has 8 nitrogen and oxygen atoms in total. The Morgan fingerprint density at radius 1 is 0.909 bits per heavy atom. The predicted molar refractivity (Wildman–Crippen MR) is 130 cm³/mol. The van der Waals surface area contributed by atoms with Gasteiger partial charge < -0.3 is 14.4 Å². The highest BCUT2D eigenvalue weighted by molar-refractivity contribution is 5.93. The molecule has 0 saturated carbocycles. The molecule has 4 aromatic rings. The summed E-state index contributed by atoms with van der Waals surface area (Å²) in [6, 6.07) is 12.0. The summed E-state index contributed by atoms with van der Waals surface area (Å²) in [7, 11) is 1.67. The van der Waals surface area contributed by atoms with Crippen LogP contribution >= 0.6 is 0 Å². The van der Waals surface area contributed by atoms with Crippen molar-refractivity contribution in [2.24, 2.45) is 0 Å².